The summed E-state index contributed by atoms with van der Waals surface area (Å²) < 4.78 is 11.0. The molecule has 0 aromatic carbocycles. The molecule has 4 heteroatoms. The standard InChI is InChI=1S/C12H21NOS2/c1-9(5-6-16(4)14)13-8-12-7-10(2)15-11(12)3/h7,9,13H,5-6,8H2,1-4H3. The molecule has 0 radical (unpaired) electrons. The van der Waals surface area contributed by atoms with Gasteiger partial charge in [0.25, 0.3) is 0 Å². The predicted molar refractivity (Wildman–Crippen MR) is 73.6 cm³/mol. The summed E-state index contributed by atoms with van der Waals surface area (Å²) in [5, 5.41) is 3.48. The average Bonchev–Trinajstić information content (AvgIpc) is 2.51. The van der Waals surface area contributed by atoms with E-state index in [2.05, 4.69) is 32.2 Å². The summed E-state index contributed by atoms with van der Waals surface area (Å²) >= 11 is 1.85. The fraction of sp³-hybridized carbons (Fsp3) is 0.667. The molecule has 0 aliphatic rings. The normalized spacial score (nSPS) is 15.0. The van der Waals surface area contributed by atoms with Crippen molar-refractivity contribution in [1.29, 1.82) is 0 Å². The Kier molecular flexibility index (Phi) is 5.66. The molecule has 0 saturated carbocycles. The van der Waals surface area contributed by atoms with Gasteiger partial charge < -0.3 is 5.32 Å². The van der Waals surface area contributed by atoms with Gasteiger partial charge in [0.05, 0.1) is 0 Å². The number of rotatable bonds is 6. The predicted octanol–water partition coefficient (Wildman–Crippen LogP) is 2.61. The van der Waals surface area contributed by atoms with Crippen molar-refractivity contribution in [2.75, 3.05) is 12.0 Å². The summed E-state index contributed by atoms with van der Waals surface area (Å²) in [4.78, 5) is 2.77. The smallest absolute Gasteiger partial charge is 0.0246 e. The number of aryl methyl sites for hydroxylation is 2. The van der Waals surface area contributed by atoms with E-state index in [1.807, 2.05) is 11.3 Å². The van der Waals surface area contributed by atoms with E-state index in [4.69, 9.17) is 0 Å². The summed E-state index contributed by atoms with van der Waals surface area (Å²) in [5.41, 5.74) is 1.40. The quantitative estimate of drug-likeness (QED) is 0.851. The van der Waals surface area contributed by atoms with E-state index < -0.39 is 10.8 Å². The van der Waals surface area contributed by atoms with Crippen molar-refractivity contribution in [1.82, 2.24) is 5.32 Å². The first-order chi connectivity index (χ1) is 7.49. The molecule has 2 unspecified atom stereocenters. The van der Waals surface area contributed by atoms with Gasteiger partial charge in [-0.05, 0) is 38.8 Å². The second-order valence-electron chi connectivity index (χ2n) is 4.29. The molecular weight excluding hydrogens is 238 g/mol. The summed E-state index contributed by atoms with van der Waals surface area (Å²) in [6.45, 7) is 7.39. The van der Waals surface area contributed by atoms with Crippen LogP contribution >= 0.6 is 11.3 Å². The van der Waals surface area contributed by atoms with Crippen molar-refractivity contribution >= 4 is 22.1 Å². The van der Waals surface area contributed by atoms with Gasteiger partial charge >= 0.3 is 0 Å². The molecule has 0 fully saturated rings. The third-order valence-corrected chi connectivity index (χ3v) is 4.44. The van der Waals surface area contributed by atoms with Crippen LogP contribution in [0.15, 0.2) is 6.07 Å². The minimum absolute atomic E-state index is 0.434. The molecule has 1 heterocycles. The average molecular weight is 259 g/mol. The Labute approximate surface area is 105 Å². The van der Waals surface area contributed by atoms with E-state index in [0.29, 0.717) is 6.04 Å². The molecule has 1 aromatic heterocycles. The van der Waals surface area contributed by atoms with Crippen molar-refractivity contribution in [2.45, 2.75) is 39.8 Å². The molecule has 0 saturated heterocycles. The van der Waals surface area contributed by atoms with Crippen molar-refractivity contribution in [3.05, 3.63) is 21.4 Å². The molecule has 0 amide bonds. The fourth-order valence-corrected chi connectivity index (χ4v) is 3.22. The fourth-order valence-electron chi connectivity index (χ4n) is 1.59. The summed E-state index contributed by atoms with van der Waals surface area (Å²) in [6, 6.07) is 2.68. The Hall–Kier alpha value is -0.190. The van der Waals surface area contributed by atoms with Gasteiger partial charge in [-0.2, -0.15) is 0 Å². The molecule has 0 spiro atoms. The third-order valence-electron chi connectivity index (χ3n) is 2.62. The molecule has 0 bridgehead atoms. The summed E-state index contributed by atoms with van der Waals surface area (Å²) in [6.07, 6.45) is 2.74. The Morgan fingerprint density at radius 3 is 2.69 bits per heavy atom. The van der Waals surface area contributed by atoms with Crippen LogP contribution in [0.2, 0.25) is 0 Å². The van der Waals surface area contributed by atoms with E-state index in [0.717, 1.165) is 18.7 Å². The second-order valence-corrected chi connectivity index (χ2v) is 7.30. The van der Waals surface area contributed by atoms with E-state index in [1.165, 1.54) is 15.3 Å². The number of nitrogens with one attached hydrogen (secondary N) is 1. The molecular formula is C12H21NOS2. The molecule has 1 rings (SSSR count). The van der Waals surface area contributed by atoms with Crippen LogP contribution in [0.5, 0.6) is 0 Å². The monoisotopic (exact) mass is 259 g/mol. The van der Waals surface area contributed by atoms with Crippen LogP contribution in [0.4, 0.5) is 0 Å². The largest absolute Gasteiger partial charge is 0.310 e. The Balaban J connectivity index is 2.34. The summed E-state index contributed by atoms with van der Waals surface area (Å²) in [7, 11) is -0.672. The Morgan fingerprint density at radius 2 is 2.19 bits per heavy atom. The molecule has 2 atom stereocenters. The van der Waals surface area contributed by atoms with Gasteiger partial charge in [-0.1, -0.05) is 0 Å². The van der Waals surface area contributed by atoms with E-state index in [-0.39, 0.29) is 0 Å². The van der Waals surface area contributed by atoms with Crippen molar-refractivity contribution in [3.8, 4) is 0 Å². The maximum atomic E-state index is 11.0. The highest BCUT2D eigenvalue weighted by molar-refractivity contribution is 7.84. The molecule has 0 aliphatic carbocycles. The lowest BCUT2D eigenvalue weighted by atomic mass is 10.2. The van der Waals surface area contributed by atoms with Gasteiger partial charge in [-0.25, -0.2) is 0 Å². The van der Waals surface area contributed by atoms with Crippen molar-refractivity contribution in [2.24, 2.45) is 0 Å². The number of hydrogen-bond acceptors (Lipinski definition) is 3. The zero-order valence-corrected chi connectivity index (χ0v) is 12.1. The molecule has 2 nitrogen and oxygen atoms in total. The molecule has 1 aromatic rings. The number of thiophene rings is 1. The van der Waals surface area contributed by atoms with Crippen LogP contribution in [0, 0.1) is 13.8 Å². The second kappa shape index (κ2) is 6.52. The van der Waals surface area contributed by atoms with Gasteiger partial charge in [0.1, 0.15) is 0 Å². The van der Waals surface area contributed by atoms with Crippen LogP contribution in [-0.2, 0) is 17.3 Å². The maximum Gasteiger partial charge on any atom is 0.0246 e. The van der Waals surface area contributed by atoms with Gasteiger partial charge in [0.2, 0.25) is 0 Å². The highest BCUT2D eigenvalue weighted by Crippen LogP contribution is 2.20. The van der Waals surface area contributed by atoms with Crippen LogP contribution in [0.3, 0.4) is 0 Å². The maximum absolute atomic E-state index is 11.0. The minimum Gasteiger partial charge on any atom is -0.310 e. The summed E-state index contributed by atoms with van der Waals surface area (Å²) in [5.74, 6) is 0.788. The SMILES string of the molecule is Cc1cc(CNC(C)CCS(C)=O)c(C)s1. The van der Waals surface area contributed by atoms with Crippen molar-refractivity contribution in [3.63, 3.8) is 0 Å². The topological polar surface area (TPSA) is 29.1 Å². The van der Waals surface area contributed by atoms with Gasteiger partial charge in [-0.3, -0.25) is 4.21 Å². The van der Waals surface area contributed by atoms with E-state index >= 15 is 0 Å². The van der Waals surface area contributed by atoms with E-state index in [9.17, 15) is 4.21 Å². The highest BCUT2D eigenvalue weighted by Gasteiger charge is 2.06. The Bertz CT molecular complexity index is 360. The van der Waals surface area contributed by atoms with Crippen LogP contribution in [0.25, 0.3) is 0 Å². The first-order valence-electron chi connectivity index (χ1n) is 5.58. The molecule has 92 valence electrons. The van der Waals surface area contributed by atoms with Crippen LogP contribution in [-0.4, -0.2) is 22.3 Å². The number of hydrogen-bond donors (Lipinski definition) is 1. The van der Waals surface area contributed by atoms with Gasteiger partial charge in [0, 0.05) is 45.1 Å². The van der Waals surface area contributed by atoms with Crippen LogP contribution in [0.1, 0.15) is 28.7 Å². The minimum atomic E-state index is -0.672. The molecule has 0 aliphatic heterocycles. The first kappa shape index (κ1) is 13.9. The molecule has 1 N–H and O–H groups in total. The zero-order chi connectivity index (χ0) is 12.1. The lowest BCUT2D eigenvalue weighted by Crippen LogP contribution is -2.27. The van der Waals surface area contributed by atoms with Gasteiger partial charge in [-0.15, -0.1) is 11.3 Å². The lowest BCUT2D eigenvalue weighted by Gasteiger charge is -2.12. The van der Waals surface area contributed by atoms with Crippen LogP contribution < -0.4 is 5.32 Å². The van der Waals surface area contributed by atoms with Gasteiger partial charge in [0.15, 0.2) is 0 Å². The highest BCUT2D eigenvalue weighted by atomic mass is 32.2. The first-order valence-corrected chi connectivity index (χ1v) is 8.12. The molecule has 16 heavy (non-hydrogen) atoms. The van der Waals surface area contributed by atoms with Crippen molar-refractivity contribution < 1.29 is 4.21 Å². The third kappa shape index (κ3) is 4.76. The zero-order valence-electron chi connectivity index (χ0n) is 10.5. The Morgan fingerprint density at radius 1 is 1.50 bits per heavy atom. The van der Waals surface area contributed by atoms with E-state index in [1.54, 1.807) is 6.26 Å². The lowest BCUT2D eigenvalue weighted by molar-refractivity contribution is 0.534.